The molecule has 1 heterocycles. The second-order valence-corrected chi connectivity index (χ2v) is 6.57. The highest BCUT2D eigenvalue weighted by molar-refractivity contribution is 5.76. The Bertz CT molecular complexity index is 932. The van der Waals surface area contributed by atoms with Crippen LogP contribution in [-0.4, -0.2) is 37.7 Å². The molecular weight excluding hydrogens is 371 g/mol. The minimum absolute atomic E-state index is 0.138. The fourth-order valence-corrected chi connectivity index (χ4v) is 3.13. The molecule has 1 aliphatic heterocycles. The summed E-state index contributed by atoms with van der Waals surface area (Å²) in [5.74, 6) is 3.30. The Morgan fingerprint density at radius 2 is 2.03 bits per heavy atom. The number of carbonyl (C=O) groups excluding carboxylic acids is 1. The summed E-state index contributed by atoms with van der Waals surface area (Å²) in [6.45, 7) is 1.62. The lowest BCUT2D eigenvalue weighted by atomic mass is 10.00. The molecule has 0 atom stereocenters. The molecule has 150 valence electrons. The number of hydrogen-bond acceptors (Lipinski definition) is 3. The van der Waals surface area contributed by atoms with E-state index in [4.69, 9.17) is 15.9 Å². The zero-order valence-electron chi connectivity index (χ0n) is 16.3. The first-order valence-corrected chi connectivity index (χ1v) is 9.31. The van der Waals surface area contributed by atoms with Crippen molar-refractivity contribution in [2.45, 2.75) is 13.0 Å². The summed E-state index contributed by atoms with van der Waals surface area (Å²) in [6.07, 6.45) is 7.98. The summed E-state index contributed by atoms with van der Waals surface area (Å²) in [5.41, 5.74) is 2.99. The molecule has 0 saturated heterocycles. The molecule has 0 radical (unpaired) electrons. The maximum Gasteiger partial charge on any atom is 0.317 e. The van der Waals surface area contributed by atoms with Gasteiger partial charge in [-0.1, -0.05) is 30.2 Å². The van der Waals surface area contributed by atoms with Crippen LogP contribution in [0.5, 0.6) is 11.5 Å². The van der Waals surface area contributed by atoms with Crippen molar-refractivity contribution in [2.75, 3.05) is 26.8 Å². The van der Waals surface area contributed by atoms with Gasteiger partial charge in [0.2, 0.25) is 0 Å². The summed E-state index contributed by atoms with van der Waals surface area (Å²) >= 11 is 0. The van der Waals surface area contributed by atoms with Gasteiger partial charge < -0.3 is 19.7 Å². The number of terminal acetylenes is 1. The fraction of sp³-hybridized carbons (Fsp3) is 0.261. The van der Waals surface area contributed by atoms with Gasteiger partial charge in [-0.2, -0.15) is 0 Å². The maximum atomic E-state index is 13.1. The average Bonchev–Trinajstić information content (AvgIpc) is 2.76. The molecule has 0 bridgehead atoms. The van der Waals surface area contributed by atoms with E-state index in [1.165, 1.54) is 12.1 Å². The molecular formula is C23H23FN2O3. The van der Waals surface area contributed by atoms with Gasteiger partial charge in [-0.25, -0.2) is 9.18 Å². The highest BCUT2D eigenvalue weighted by atomic mass is 19.1. The van der Waals surface area contributed by atoms with Crippen LogP contribution in [0.1, 0.15) is 17.5 Å². The lowest BCUT2D eigenvalue weighted by Gasteiger charge is -2.27. The van der Waals surface area contributed by atoms with Crippen LogP contribution in [0.4, 0.5) is 9.18 Å². The van der Waals surface area contributed by atoms with E-state index in [0.29, 0.717) is 31.1 Å². The lowest BCUT2D eigenvalue weighted by molar-refractivity contribution is 0.202. The van der Waals surface area contributed by atoms with E-state index in [1.807, 2.05) is 12.1 Å². The van der Waals surface area contributed by atoms with E-state index in [9.17, 15) is 9.18 Å². The number of nitrogens with one attached hydrogen (secondary N) is 1. The molecule has 29 heavy (non-hydrogen) atoms. The van der Waals surface area contributed by atoms with Crippen LogP contribution in [-0.2, 0) is 6.54 Å². The van der Waals surface area contributed by atoms with Crippen LogP contribution < -0.4 is 14.8 Å². The molecule has 1 aliphatic rings. The van der Waals surface area contributed by atoms with E-state index in [1.54, 1.807) is 36.3 Å². The number of rotatable bonds is 6. The number of benzene rings is 2. The number of nitrogens with zero attached hydrogens (tertiary/aromatic N) is 1. The highest BCUT2D eigenvalue weighted by Gasteiger charge is 2.18. The smallest absolute Gasteiger partial charge is 0.317 e. The minimum atomic E-state index is -0.252. The van der Waals surface area contributed by atoms with Gasteiger partial charge >= 0.3 is 6.03 Å². The summed E-state index contributed by atoms with van der Waals surface area (Å²) in [7, 11) is 1.56. The number of methoxy groups -OCH3 is 1. The van der Waals surface area contributed by atoms with Crippen LogP contribution in [0.15, 0.2) is 48.5 Å². The average molecular weight is 394 g/mol. The van der Waals surface area contributed by atoms with Crippen molar-refractivity contribution in [1.29, 1.82) is 0 Å². The normalized spacial score (nSPS) is 13.3. The van der Waals surface area contributed by atoms with E-state index >= 15 is 0 Å². The predicted octanol–water partition coefficient (Wildman–Crippen LogP) is 3.85. The molecule has 6 heteroatoms. The largest absolute Gasteiger partial charge is 0.493 e. The zero-order chi connectivity index (χ0) is 20.6. The van der Waals surface area contributed by atoms with Gasteiger partial charge in [0.1, 0.15) is 12.4 Å². The molecule has 0 aromatic heterocycles. The Morgan fingerprint density at radius 1 is 1.24 bits per heavy atom. The Kier molecular flexibility index (Phi) is 6.75. The third kappa shape index (κ3) is 5.29. The standard InChI is InChI=1S/C23H23FN2O3/c1-3-14-29-22-15-17(4-9-21(22)28-2)16-25-23(27)26-12-10-19(11-13-26)18-5-7-20(24)8-6-18/h1,4-10,15H,11-14,16H2,2H3,(H,25,27). The molecule has 5 nitrogen and oxygen atoms in total. The quantitative estimate of drug-likeness (QED) is 0.758. The van der Waals surface area contributed by atoms with Gasteiger partial charge in [-0.15, -0.1) is 6.42 Å². The molecule has 3 rings (SSSR count). The maximum absolute atomic E-state index is 13.1. The van der Waals surface area contributed by atoms with Gasteiger partial charge in [0.05, 0.1) is 7.11 Å². The van der Waals surface area contributed by atoms with Crippen LogP contribution in [0.2, 0.25) is 0 Å². The van der Waals surface area contributed by atoms with E-state index in [0.717, 1.165) is 23.1 Å². The summed E-state index contributed by atoms with van der Waals surface area (Å²) < 4.78 is 23.8. The Balaban J connectivity index is 1.56. The fourth-order valence-electron chi connectivity index (χ4n) is 3.13. The van der Waals surface area contributed by atoms with Crippen LogP contribution in [0, 0.1) is 18.2 Å². The van der Waals surface area contributed by atoms with Gasteiger partial charge in [0.25, 0.3) is 0 Å². The van der Waals surface area contributed by atoms with Crippen LogP contribution >= 0.6 is 0 Å². The minimum Gasteiger partial charge on any atom is -0.493 e. The first-order chi connectivity index (χ1) is 14.1. The van der Waals surface area contributed by atoms with Crippen molar-refractivity contribution < 1.29 is 18.7 Å². The number of amides is 2. The second-order valence-electron chi connectivity index (χ2n) is 6.57. The Labute approximate surface area is 170 Å². The number of carbonyl (C=O) groups is 1. The van der Waals surface area contributed by atoms with Crippen molar-refractivity contribution in [1.82, 2.24) is 10.2 Å². The number of hydrogen-bond donors (Lipinski definition) is 1. The van der Waals surface area contributed by atoms with Gasteiger partial charge in [0, 0.05) is 19.6 Å². The van der Waals surface area contributed by atoms with Crippen molar-refractivity contribution in [3.63, 3.8) is 0 Å². The Morgan fingerprint density at radius 3 is 2.69 bits per heavy atom. The summed E-state index contributed by atoms with van der Waals surface area (Å²) in [5, 5.41) is 2.92. The van der Waals surface area contributed by atoms with Gasteiger partial charge in [-0.3, -0.25) is 0 Å². The number of urea groups is 1. The summed E-state index contributed by atoms with van der Waals surface area (Å²) in [6, 6.07) is 11.7. The van der Waals surface area contributed by atoms with E-state index < -0.39 is 0 Å². The van der Waals surface area contributed by atoms with Crippen molar-refractivity contribution in [2.24, 2.45) is 0 Å². The van der Waals surface area contributed by atoms with Gasteiger partial charge in [-0.05, 0) is 47.4 Å². The first-order valence-electron chi connectivity index (χ1n) is 9.31. The lowest BCUT2D eigenvalue weighted by Crippen LogP contribution is -2.41. The van der Waals surface area contributed by atoms with Crippen molar-refractivity contribution in [3.8, 4) is 23.8 Å². The molecule has 2 amide bonds. The molecule has 2 aromatic rings. The third-order valence-electron chi connectivity index (χ3n) is 4.69. The monoisotopic (exact) mass is 394 g/mol. The van der Waals surface area contributed by atoms with E-state index in [-0.39, 0.29) is 18.5 Å². The zero-order valence-corrected chi connectivity index (χ0v) is 16.3. The third-order valence-corrected chi connectivity index (χ3v) is 4.69. The molecule has 0 aliphatic carbocycles. The number of ether oxygens (including phenoxy) is 2. The molecule has 0 fully saturated rings. The summed E-state index contributed by atoms with van der Waals surface area (Å²) in [4.78, 5) is 14.2. The van der Waals surface area contributed by atoms with E-state index in [2.05, 4.69) is 11.2 Å². The molecule has 1 N–H and O–H groups in total. The molecule has 2 aromatic carbocycles. The molecule has 0 unspecified atom stereocenters. The Hall–Kier alpha value is -3.46. The number of halogens is 1. The highest BCUT2D eigenvalue weighted by Crippen LogP contribution is 2.28. The second kappa shape index (κ2) is 9.65. The van der Waals surface area contributed by atoms with Crippen molar-refractivity contribution >= 4 is 11.6 Å². The topological polar surface area (TPSA) is 50.8 Å². The molecule has 0 saturated carbocycles. The SMILES string of the molecule is C#CCOc1cc(CNC(=O)N2CC=C(c3ccc(F)cc3)CC2)ccc1OC. The predicted molar refractivity (Wildman–Crippen MR) is 110 cm³/mol. The van der Waals surface area contributed by atoms with Crippen molar-refractivity contribution in [3.05, 3.63) is 65.5 Å². The van der Waals surface area contributed by atoms with Gasteiger partial charge in [0.15, 0.2) is 11.5 Å². The first kappa shape index (κ1) is 20.3. The van der Waals surface area contributed by atoms with Crippen LogP contribution in [0.3, 0.4) is 0 Å². The molecule has 0 spiro atoms. The van der Waals surface area contributed by atoms with Crippen LogP contribution in [0.25, 0.3) is 5.57 Å².